The maximum Gasteiger partial charge on any atom is 0.254 e. The van der Waals surface area contributed by atoms with Crippen molar-refractivity contribution in [3.8, 4) is 0 Å². The number of rotatable bonds is 2. The second kappa shape index (κ2) is 6.78. The molecule has 1 aliphatic heterocycles. The zero-order valence-corrected chi connectivity index (χ0v) is 16.0. The van der Waals surface area contributed by atoms with Crippen LogP contribution >= 0.6 is 0 Å². The molecule has 1 saturated carbocycles. The summed E-state index contributed by atoms with van der Waals surface area (Å²) in [7, 11) is 0. The summed E-state index contributed by atoms with van der Waals surface area (Å²) in [5.41, 5.74) is 1.90. The van der Waals surface area contributed by atoms with Gasteiger partial charge in [0.2, 0.25) is 0 Å². The van der Waals surface area contributed by atoms with E-state index >= 15 is 0 Å². The third kappa shape index (κ3) is 2.67. The number of nitrogens with one attached hydrogen (secondary N) is 1. The quantitative estimate of drug-likeness (QED) is 0.696. The van der Waals surface area contributed by atoms with Gasteiger partial charge in [0.1, 0.15) is 0 Å². The van der Waals surface area contributed by atoms with E-state index in [0.29, 0.717) is 13.0 Å². The van der Waals surface area contributed by atoms with Gasteiger partial charge in [-0.05, 0) is 43.0 Å². The van der Waals surface area contributed by atoms with E-state index in [0.717, 1.165) is 47.7 Å². The molecule has 0 spiro atoms. The molecule has 4 heteroatoms. The first-order chi connectivity index (χ1) is 13.7. The summed E-state index contributed by atoms with van der Waals surface area (Å²) in [6, 6.07) is 18.0. The van der Waals surface area contributed by atoms with Gasteiger partial charge in [-0.25, -0.2) is 0 Å². The second-order valence-electron chi connectivity index (χ2n) is 8.24. The topological polar surface area (TPSA) is 56.3 Å². The van der Waals surface area contributed by atoms with E-state index in [2.05, 4.69) is 4.98 Å². The van der Waals surface area contributed by atoms with Crippen molar-refractivity contribution in [3.05, 3.63) is 71.9 Å². The van der Waals surface area contributed by atoms with Crippen LogP contribution in [-0.4, -0.2) is 33.5 Å². The highest BCUT2D eigenvalue weighted by molar-refractivity contribution is 6.06. The van der Waals surface area contributed by atoms with Gasteiger partial charge >= 0.3 is 0 Å². The molecule has 2 aliphatic rings. The standard InChI is InChI=1S/C24H26N2O2/c27-23(19-9-6-11-21-18(19)13-15-25-21)26-16-14-24(28,17-7-2-1-3-8-17)20-10-4-5-12-22(20)26/h1-3,6-9,11,13,15,20,22,25,28H,4-5,10,12,14,16H2/t20-,22+,24-/m1/s1. The molecule has 1 aromatic heterocycles. The zero-order chi connectivity index (χ0) is 19.1. The van der Waals surface area contributed by atoms with Crippen LogP contribution in [0.1, 0.15) is 48.0 Å². The largest absolute Gasteiger partial charge is 0.385 e. The Morgan fingerprint density at radius 2 is 1.86 bits per heavy atom. The molecule has 2 heterocycles. The van der Waals surface area contributed by atoms with Gasteiger partial charge in [0.05, 0.1) is 5.60 Å². The molecule has 28 heavy (non-hydrogen) atoms. The highest BCUT2D eigenvalue weighted by Gasteiger charge is 2.50. The molecule has 5 rings (SSSR count). The van der Waals surface area contributed by atoms with Crippen LogP contribution in [0.25, 0.3) is 10.9 Å². The first-order valence-electron chi connectivity index (χ1n) is 10.3. The van der Waals surface area contributed by atoms with E-state index in [9.17, 15) is 9.90 Å². The van der Waals surface area contributed by atoms with Crippen molar-refractivity contribution >= 4 is 16.8 Å². The van der Waals surface area contributed by atoms with Crippen LogP contribution in [0.3, 0.4) is 0 Å². The Morgan fingerprint density at radius 1 is 1.04 bits per heavy atom. The third-order valence-electron chi connectivity index (χ3n) is 6.84. The van der Waals surface area contributed by atoms with Gasteiger partial charge in [0.15, 0.2) is 0 Å². The highest BCUT2D eigenvalue weighted by Crippen LogP contribution is 2.47. The van der Waals surface area contributed by atoms with Crippen LogP contribution in [0.2, 0.25) is 0 Å². The van der Waals surface area contributed by atoms with Gasteiger partial charge in [-0.15, -0.1) is 0 Å². The lowest BCUT2D eigenvalue weighted by Gasteiger charge is -2.52. The van der Waals surface area contributed by atoms with E-state index in [4.69, 9.17) is 0 Å². The molecule has 0 radical (unpaired) electrons. The van der Waals surface area contributed by atoms with Crippen LogP contribution in [0, 0.1) is 5.92 Å². The number of piperidine rings is 1. The van der Waals surface area contributed by atoms with Crippen molar-refractivity contribution < 1.29 is 9.90 Å². The minimum atomic E-state index is -0.844. The number of hydrogen-bond acceptors (Lipinski definition) is 2. The average molecular weight is 374 g/mol. The average Bonchev–Trinajstić information content (AvgIpc) is 3.23. The Labute approximate surface area is 165 Å². The van der Waals surface area contributed by atoms with Gasteiger partial charge in [-0.2, -0.15) is 0 Å². The van der Waals surface area contributed by atoms with Crippen LogP contribution in [0.4, 0.5) is 0 Å². The fourth-order valence-electron chi connectivity index (χ4n) is 5.45. The number of carbonyl (C=O) groups excluding carboxylic acids is 1. The number of fused-ring (bicyclic) bond motifs is 2. The molecule has 0 bridgehead atoms. The Kier molecular flexibility index (Phi) is 4.24. The van der Waals surface area contributed by atoms with E-state index in [1.54, 1.807) is 0 Å². The predicted octanol–water partition coefficient (Wildman–Crippen LogP) is 4.46. The van der Waals surface area contributed by atoms with E-state index in [-0.39, 0.29) is 17.9 Å². The number of nitrogens with zero attached hydrogens (tertiary/aromatic N) is 1. The van der Waals surface area contributed by atoms with Crippen molar-refractivity contribution in [1.82, 2.24) is 9.88 Å². The maximum absolute atomic E-state index is 13.5. The minimum Gasteiger partial charge on any atom is -0.385 e. The molecule has 3 aromatic rings. The normalized spacial score (nSPS) is 27.5. The molecule has 0 unspecified atom stereocenters. The zero-order valence-electron chi connectivity index (χ0n) is 16.0. The molecule has 144 valence electrons. The third-order valence-corrected chi connectivity index (χ3v) is 6.84. The summed E-state index contributed by atoms with van der Waals surface area (Å²) in [6.07, 6.45) is 6.64. The Hall–Kier alpha value is -2.59. The molecule has 2 aromatic carbocycles. The lowest BCUT2D eigenvalue weighted by molar-refractivity contribution is -0.110. The van der Waals surface area contributed by atoms with Crippen LogP contribution in [0.15, 0.2) is 60.8 Å². The molecular weight excluding hydrogens is 348 g/mol. The summed E-state index contributed by atoms with van der Waals surface area (Å²) in [4.78, 5) is 18.8. The minimum absolute atomic E-state index is 0.0896. The Morgan fingerprint density at radius 3 is 2.71 bits per heavy atom. The van der Waals surface area contributed by atoms with Gasteiger partial charge in [0.25, 0.3) is 5.91 Å². The Balaban J connectivity index is 1.51. The second-order valence-corrected chi connectivity index (χ2v) is 8.24. The number of aromatic amines is 1. The SMILES string of the molecule is O=C(c1cccc2[nH]ccc12)N1CC[C@@](O)(c2ccccc2)[C@@H]2CCCC[C@@H]21. The monoisotopic (exact) mass is 374 g/mol. The van der Waals surface area contributed by atoms with Crippen LogP contribution < -0.4 is 0 Å². The molecule has 2 N–H and O–H groups in total. The highest BCUT2D eigenvalue weighted by atomic mass is 16.3. The number of hydrogen-bond donors (Lipinski definition) is 2. The van der Waals surface area contributed by atoms with E-state index < -0.39 is 5.60 Å². The molecule has 1 aliphatic carbocycles. The molecule has 1 saturated heterocycles. The van der Waals surface area contributed by atoms with Gasteiger partial charge in [0, 0.05) is 41.2 Å². The fourth-order valence-corrected chi connectivity index (χ4v) is 5.45. The van der Waals surface area contributed by atoms with E-state index in [1.807, 2.05) is 65.7 Å². The van der Waals surface area contributed by atoms with Crippen molar-refractivity contribution in [2.45, 2.75) is 43.7 Å². The number of carbonyl (C=O) groups is 1. The Bertz CT molecular complexity index is 996. The number of amides is 1. The van der Waals surface area contributed by atoms with Crippen molar-refractivity contribution in [2.75, 3.05) is 6.54 Å². The number of likely N-dealkylation sites (tertiary alicyclic amines) is 1. The maximum atomic E-state index is 13.5. The molecular formula is C24H26N2O2. The summed E-state index contributed by atoms with van der Waals surface area (Å²) < 4.78 is 0. The van der Waals surface area contributed by atoms with Crippen molar-refractivity contribution in [2.24, 2.45) is 5.92 Å². The summed E-state index contributed by atoms with van der Waals surface area (Å²) in [5.74, 6) is 0.184. The first kappa shape index (κ1) is 17.5. The van der Waals surface area contributed by atoms with Gasteiger partial charge in [-0.1, -0.05) is 49.2 Å². The lowest BCUT2D eigenvalue weighted by Crippen LogP contribution is -2.59. The number of benzene rings is 2. The fraction of sp³-hybridized carbons (Fsp3) is 0.375. The number of H-pyrrole nitrogens is 1. The van der Waals surface area contributed by atoms with E-state index in [1.165, 1.54) is 0 Å². The molecule has 2 fully saturated rings. The summed E-state index contributed by atoms with van der Waals surface area (Å²) >= 11 is 0. The lowest BCUT2D eigenvalue weighted by atomic mass is 9.66. The first-order valence-corrected chi connectivity index (χ1v) is 10.3. The molecule has 4 nitrogen and oxygen atoms in total. The van der Waals surface area contributed by atoms with Gasteiger partial charge < -0.3 is 15.0 Å². The van der Waals surface area contributed by atoms with Crippen molar-refractivity contribution in [1.29, 1.82) is 0 Å². The predicted molar refractivity (Wildman–Crippen MR) is 110 cm³/mol. The number of aromatic nitrogens is 1. The van der Waals surface area contributed by atoms with Crippen LogP contribution in [-0.2, 0) is 5.60 Å². The van der Waals surface area contributed by atoms with Crippen molar-refractivity contribution in [3.63, 3.8) is 0 Å². The number of aliphatic hydroxyl groups is 1. The summed E-state index contributed by atoms with van der Waals surface area (Å²) in [5, 5.41) is 12.7. The van der Waals surface area contributed by atoms with Gasteiger partial charge in [-0.3, -0.25) is 4.79 Å². The molecule has 3 atom stereocenters. The van der Waals surface area contributed by atoms with Crippen LogP contribution in [0.5, 0.6) is 0 Å². The molecule has 1 amide bonds. The smallest absolute Gasteiger partial charge is 0.254 e. The summed E-state index contributed by atoms with van der Waals surface area (Å²) in [6.45, 7) is 0.589.